The summed E-state index contributed by atoms with van der Waals surface area (Å²) < 4.78 is 0. The topological polar surface area (TPSA) is 119 Å². The quantitative estimate of drug-likeness (QED) is 0.595. The first kappa shape index (κ1) is 11.1. The van der Waals surface area contributed by atoms with E-state index in [0.29, 0.717) is 5.56 Å². The number of carboxylic acids is 1. The van der Waals surface area contributed by atoms with E-state index >= 15 is 0 Å². The first-order valence-electron chi connectivity index (χ1n) is 4.24. The highest BCUT2D eigenvalue weighted by Crippen LogP contribution is 2.02. The number of carboxylic acid groups (broad SMARTS) is 1. The third-order valence-corrected chi connectivity index (χ3v) is 1.85. The summed E-state index contributed by atoms with van der Waals surface area (Å²) in [4.78, 5) is 24.9. The zero-order valence-electron chi connectivity index (χ0n) is 7.88. The smallest absolute Gasteiger partial charge is 0.320 e. The van der Waals surface area contributed by atoms with E-state index in [4.69, 9.17) is 16.6 Å². The fourth-order valence-electron chi connectivity index (χ4n) is 1.03. The van der Waals surface area contributed by atoms with Gasteiger partial charge in [0, 0.05) is 6.20 Å². The monoisotopic (exact) mass is 209 g/mol. The average Bonchev–Trinajstić information content (AvgIpc) is 2.18. The van der Waals surface area contributed by atoms with E-state index in [1.54, 1.807) is 6.07 Å². The van der Waals surface area contributed by atoms with Crippen molar-refractivity contribution in [3.8, 4) is 0 Å². The third-order valence-electron chi connectivity index (χ3n) is 1.85. The summed E-state index contributed by atoms with van der Waals surface area (Å²) in [6.45, 7) is 0. The molecule has 0 spiro atoms. The molecule has 1 aromatic rings. The van der Waals surface area contributed by atoms with Gasteiger partial charge in [-0.05, 0) is 18.1 Å². The SMILES string of the molecule is NC(=O)c1ccc(C[C@H](N)C(=O)O)cn1. The van der Waals surface area contributed by atoms with E-state index in [0.717, 1.165) is 0 Å². The van der Waals surface area contributed by atoms with E-state index in [1.807, 2.05) is 0 Å². The van der Waals surface area contributed by atoms with Crippen LogP contribution in [0.2, 0.25) is 0 Å². The lowest BCUT2D eigenvalue weighted by molar-refractivity contribution is -0.138. The lowest BCUT2D eigenvalue weighted by Crippen LogP contribution is -2.32. The molecule has 0 aliphatic heterocycles. The molecule has 1 atom stereocenters. The standard InChI is InChI=1S/C9H11N3O3/c10-6(9(14)15)3-5-1-2-7(8(11)13)12-4-5/h1-2,4,6H,3,10H2,(H2,11,13)(H,14,15)/t6-/m0/s1. The van der Waals surface area contributed by atoms with E-state index in [2.05, 4.69) is 4.98 Å². The van der Waals surface area contributed by atoms with Gasteiger partial charge in [0.1, 0.15) is 11.7 Å². The number of nitrogens with zero attached hydrogens (tertiary/aromatic N) is 1. The molecule has 1 amide bonds. The van der Waals surface area contributed by atoms with Crippen molar-refractivity contribution in [2.75, 3.05) is 0 Å². The Morgan fingerprint density at radius 3 is 2.53 bits per heavy atom. The molecule has 0 saturated carbocycles. The van der Waals surface area contributed by atoms with E-state index in [9.17, 15) is 9.59 Å². The van der Waals surface area contributed by atoms with Gasteiger partial charge in [0.2, 0.25) is 0 Å². The van der Waals surface area contributed by atoms with Gasteiger partial charge in [-0.3, -0.25) is 14.6 Å². The number of carbonyl (C=O) groups excluding carboxylic acids is 1. The van der Waals surface area contributed by atoms with Gasteiger partial charge >= 0.3 is 5.97 Å². The molecule has 0 aliphatic rings. The molecule has 1 heterocycles. The van der Waals surface area contributed by atoms with Crippen LogP contribution >= 0.6 is 0 Å². The van der Waals surface area contributed by atoms with E-state index < -0.39 is 17.9 Å². The second-order valence-electron chi connectivity index (χ2n) is 3.06. The van der Waals surface area contributed by atoms with Crippen molar-refractivity contribution in [1.29, 1.82) is 0 Å². The molecule has 1 aromatic heterocycles. The molecular formula is C9H11N3O3. The van der Waals surface area contributed by atoms with Crippen LogP contribution in [0.4, 0.5) is 0 Å². The van der Waals surface area contributed by atoms with E-state index in [-0.39, 0.29) is 12.1 Å². The number of primary amides is 1. The first-order chi connectivity index (χ1) is 7.00. The van der Waals surface area contributed by atoms with Gasteiger partial charge in [0.25, 0.3) is 5.91 Å². The lowest BCUT2D eigenvalue weighted by Gasteiger charge is -2.05. The molecule has 0 unspecified atom stereocenters. The maximum Gasteiger partial charge on any atom is 0.320 e. The van der Waals surface area contributed by atoms with Crippen molar-refractivity contribution in [3.05, 3.63) is 29.6 Å². The Morgan fingerprint density at radius 2 is 2.13 bits per heavy atom. The number of nitrogens with two attached hydrogens (primary N) is 2. The fourth-order valence-corrected chi connectivity index (χ4v) is 1.03. The highest BCUT2D eigenvalue weighted by Gasteiger charge is 2.12. The van der Waals surface area contributed by atoms with Crippen molar-refractivity contribution in [2.45, 2.75) is 12.5 Å². The van der Waals surface area contributed by atoms with Gasteiger partial charge in [-0.1, -0.05) is 6.07 Å². The van der Waals surface area contributed by atoms with Gasteiger partial charge in [0.05, 0.1) is 0 Å². The molecule has 0 fully saturated rings. The van der Waals surface area contributed by atoms with Crippen LogP contribution in [0.5, 0.6) is 0 Å². The predicted molar refractivity (Wildman–Crippen MR) is 52.1 cm³/mol. The number of hydrogen-bond donors (Lipinski definition) is 3. The van der Waals surface area contributed by atoms with Crippen molar-refractivity contribution in [1.82, 2.24) is 4.98 Å². The minimum atomic E-state index is -1.08. The fraction of sp³-hybridized carbons (Fsp3) is 0.222. The highest BCUT2D eigenvalue weighted by molar-refractivity contribution is 5.90. The molecule has 1 rings (SSSR count). The molecule has 0 radical (unpaired) electrons. The number of aromatic nitrogens is 1. The Bertz CT molecular complexity index is 375. The molecule has 15 heavy (non-hydrogen) atoms. The average molecular weight is 209 g/mol. The Morgan fingerprint density at radius 1 is 1.47 bits per heavy atom. The molecular weight excluding hydrogens is 198 g/mol. The number of pyridine rings is 1. The number of amides is 1. The van der Waals surface area contributed by atoms with Crippen molar-refractivity contribution in [3.63, 3.8) is 0 Å². The van der Waals surface area contributed by atoms with Crippen LogP contribution in [0, 0.1) is 0 Å². The highest BCUT2D eigenvalue weighted by atomic mass is 16.4. The minimum absolute atomic E-state index is 0.141. The Balaban J connectivity index is 2.72. The van der Waals surface area contributed by atoms with Crippen LogP contribution in [-0.2, 0) is 11.2 Å². The molecule has 0 aliphatic carbocycles. The van der Waals surface area contributed by atoms with Gasteiger partial charge in [-0.15, -0.1) is 0 Å². The summed E-state index contributed by atoms with van der Waals surface area (Å²) in [5, 5.41) is 8.57. The van der Waals surface area contributed by atoms with Crippen LogP contribution in [0.25, 0.3) is 0 Å². The van der Waals surface area contributed by atoms with Crippen molar-refractivity contribution in [2.24, 2.45) is 11.5 Å². The van der Waals surface area contributed by atoms with Crippen molar-refractivity contribution < 1.29 is 14.7 Å². The maximum absolute atomic E-state index is 10.7. The Labute approximate surface area is 85.9 Å². The summed E-state index contributed by atoms with van der Waals surface area (Å²) >= 11 is 0. The van der Waals surface area contributed by atoms with Gasteiger partial charge in [-0.25, -0.2) is 0 Å². The minimum Gasteiger partial charge on any atom is -0.480 e. The molecule has 5 N–H and O–H groups in total. The lowest BCUT2D eigenvalue weighted by atomic mass is 10.1. The van der Waals surface area contributed by atoms with Crippen LogP contribution in [0.3, 0.4) is 0 Å². The van der Waals surface area contributed by atoms with Gasteiger partial charge in [-0.2, -0.15) is 0 Å². The number of rotatable bonds is 4. The van der Waals surface area contributed by atoms with Gasteiger partial charge < -0.3 is 16.6 Å². The summed E-state index contributed by atoms with van der Waals surface area (Å²) in [6, 6.07) is 2.05. The summed E-state index contributed by atoms with van der Waals surface area (Å²) in [6.07, 6.45) is 1.56. The molecule has 0 saturated heterocycles. The zero-order valence-corrected chi connectivity index (χ0v) is 7.88. The van der Waals surface area contributed by atoms with Crippen LogP contribution in [0.1, 0.15) is 16.1 Å². The number of hydrogen-bond acceptors (Lipinski definition) is 4. The second-order valence-corrected chi connectivity index (χ2v) is 3.06. The van der Waals surface area contributed by atoms with E-state index in [1.165, 1.54) is 12.3 Å². The zero-order chi connectivity index (χ0) is 11.4. The van der Waals surface area contributed by atoms with Crippen LogP contribution in [0.15, 0.2) is 18.3 Å². The third kappa shape index (κ3) is 3.03. The summed E-state index contributed by atoms with van der Waals surface area (Å²) in [5.41, 5.74) is 11.1. The second kappa shape index (κ2) is 4.52. The predicted octanol–water partition coefficient (Wildman–Crippen LogP) is -0.865. The Kier molecular flexibility index (Phi) is 3.35. The normalized spacial score (nSPS) is 12.1. The first-order valence-corrected chi connectivity index (χ1v) is 4.24. The summed E-state index contributed by atoms with van der Waals surface area (Å²) in [5.74, 6) is -1.70. The molecule has 0 bridgehead atoms. The molecule has 6 nitrogen and oxygen atoms in total. The van der Waals surface area contributed by atoms with Crippen LogP contribution < -0.4 is 11.5 Å². The molecule has 0 aromatic carbocycles. The summed E-state index contributed by atoms with van der Waals surface area (Å²) in [7, 11) is 0. The Hall–Kier alpha value is -1.95. The number of aliphatic carboxylic acids is 1. The molecule has 80 valence electrons. The molecule has 6 heteroatoms. The van der Waals surface area contributed by atoms with Crippen LogP contribution in [-0.4, -0.2) is 28.0 Å². The van der Waals surface area contributed by atoms with Crippen molar-refractivity contribution >= 4 is 11.9 Å². The van der Waals surface area contributed by atoms with Gasteiger partial charge in [0.15, 0.2) is 0 Å². The maximum atomic E-state index is 10.7. The largest absolute Gasteiger partial charge is 0.480 e. The number of carbonyl (C=O) groups is 2.